The van der Waals surface area contributed by atoms with Crippen LogP contribution in [-0.2, 0) is 17.8 Å². The Hall–Kier alpha value is -2.26. The van der Waals surface area contributed by atoms with Crippen LogP contribution in [0.3, 0.4) is 0 Å². The number of methoxy groups -OCH3 is 2. The van der Waals surface area contributed by atoms with Gasteiger partial charge in [0.2, 0.25) is 0 Å². The van der Waals surface area contributed by atoms with Crippen LogP contribution in [0.5, 0.6) is 11.5 Å². The van der Waals surface area contributed by atoms with Crippen LogP contribution in [0, 0.1) is 17.2 Å². The van der Waals surface area contributed by atoms with E-state index in [2.05, 4.69) is 11.4 Å². The SMILES string of the molecule is COc1cc2c(cc1OC)C[NH+](CC(=O)N[C@](C)(C#N)C(C)C)CC2. The van der Waals surface area contributed by atoms with E-state index in [4.69, 9.17) is 9.47 Å². The second-order valence-corrected chi connectivity index (χ2v) is 7.10. The number of carbonyl (C=O) groups excluding carboxylic acids is 1. The summed E-state index contributed by atoms with van der Waals surface area (Å²) in [5.41, 5.74) is 1.59. The highest BCUT2D eigenvalue weighted by molar-refractivity contribution is 5.78. The fraction of sp³-hybridized carbons (Fsp3) is 0.579. The Balaban J connectivity index is 2.06. The maximum absolute atomic E-state index is 12.4. The van der Waals surface area contributed by atoms with E-state index in [1.54, 1.807) is 21.1 Å². The summed E-state index contributed by atoms with van der Waals surface area (Å²) in [6.07, 6.45) is 0.887. The molecule has 136 valence electrons. The van der Waals surface area contributed by atoms with E-state index in [1.807, 2.05) is 26.0 Å². The van der Waals surface area contributed by atoms with Crippen LogP contribution >= 0.6 is 0 Å². The molecule has 2 N–H and O–H groups in total. The molecule has 0 aromatic heterocycles. The molecule has 1 unspecified atom stereocenters. The van der Waals surface area contributed by atoms with Crippen LogP contribution in [0.4, 0.5) is 0 Å². The largest absolute Gasteiger partial charge is 0.493 e. The summed E-state index contributed by atoms with van der Waals surface area (Å²) in [5.74, 6) is 1.42. The minimum atomic E-state index is -0.833. The third-order valence-electron chi connectivity index (χ3n) is 5.09. The first-order valence-corrected chi connectivity index (χ1v) is 8.62. The molecule has 1 heterocycles. The molecule has 0 spiro atoms. The van der Waals surface area contributed by atoms with Gasteiger partial charge in [-0.05, 0) is 30.5 Å². The number of benzene rings is 1. The first-order valence-electron chi connectivity index (χ1n) is 8.62. The highest BCUT2D eigenvalue weighted by atomic mass is 16.5. The Labute approximate surface area is 149 Å². The second-order valence-electron chi connectivity index (χ2n) is 7.10. The lowest BCUT2D eigenvalue weighted by Crippen LogP contribution is -3.13. The van der Waals surface area contributed by atoms with E-state index in [1.165, 1.54) is 16.0 Å². The van der Waals surface area contributed by atoms with E-state index in [-0.39, 0.29) is 11.8 Å². The van der Waals surface area contributed by atoms with E-state index in [0.717, 1.165) is 25.3 Å². The Kier molecular flexibility index (Phi) is 5.91. The van der Waals surface area contributed by atoms with Gasteiger partial charge in [-0.2, -0.15) is 5.26 Å². The molecule has 6 heteroatoms. The van der Waals surface area contributed by atoms with Crippen molar-refractivity contribution in [2.75, 3.05) is 27.3 Å². The number of nitrogens with zero attached hydrogens (tertiary/aromatic N) is 1. The van der Waals surface area contributed by atoms with Gasteiger partial charge in [0.15, 0.2) is 18.0 Å². The number of quaternary nitrogens is 1. The summed E-state index contributed by atoms with van der Waals surface area (Å²) in [4.78, 5) is 13.6. The molecule has 2 atom stereocenters. The van der Waals surface area contributed by atoms with E-state index >= 15 is 0 Å². The predicted molar refractivity (Wildman–Crippen MR) is 94.6 cm³/mol. The van der Waals surface area contributed by atoms with Crippen molar-refractivity contribution in [3.63, 3.8) is 0 Å². The minimum Gasteiger partial charge on any atom is -0.493 e. The maximum Gasteiger partial charge on any atom is 0.276 e. The molecule has 1 aliphatic heterocycles. The molecule has 0 fully saturated rings. The molecule has 1 aromatic rings. The van der Waals surface area contributed by atoms with Gasteiger partial charge in [-0.1, -0.05) is 13.8 Å². The Morgan fingerprint density at radius 1 is 1.32 bits per heavy atom. The van der Waals surface area contributed by atoms with Crippen molar-refractivity contribution in [2.24, 2.45) is 5.92 Å². The van der Waals surface area contributed by atoms with Gasteiger partial charge in [0, 0.05) is 12.0 Å². The molecule has 0 radical (unpaired) electrons. The fourth-order valence-electron chi connectivity index (χ4n) is 3.04. The lowest BCUT2D eigenvalue weighted by molar-refractivity contribution is -0.908. The Morgan fingerprint density at radius 3 is 2.44 bits per heavy atom. The molecule has 0 aliphatic carbocycles. The predicted octanol–water partition coefficient (Wildman–Crippen LogP) is 0.699. The van der Waals surface area contributed by atoms with Crippen LogP contribution < -0.4 is 19.7 Å². The third kappa shape index (κ3) is 4.23. The van der Waals surface area contributed by atoms with Gasteiger partial charge in [0.05, 0.1) is 26.8 Å². The summed E-state index contributed by atoms with van der Waals surface area (Å²) in [5, 5.41) is 12.2. The van der Waals surface area contributed by atoms with Gasteiger partial charge >= 0.3 is 0 Å². The van der Waals surface area contributed by atoms with E-state index in [9.17, 15) is 10.1 Å². The molecule has 6 nitrogen and oxygen atoms in total. The van der Waals surface area contributed by atoms with Crippen LogP contribution in [0.2, 0.25) is 0 Å². The number of hydrogen-bond acceptors (Lipinski definition) is 4. The summed E-state index contributed by atoms with van der Waals surface area (Å²) < 4.78 is 10.7. The van der Waals surface area contributed by atoms with Gasteiger partial charge < -0.3 is 19.7 Å². The number of ether oxygens (including phenoxy) is 2. The minimum absolute atomic E-state index is 0.0512. The molecular weight excluding hydrogens is 318 g/mol. The Morgan fingerprint density at radius 2 is 1.92 bits per heavy atom. The standard InChI is InChI=1S/C19H27N3O3/c1-13(2)19(3,12-20)21-18(23)11-22-7-6-14-8-16(24-4)17(25-5)9-15(14)10-22/h8-9,13H,6-7,10-11H2,1-5H3,(H,21,23)/p+1/t19-/m1/s1. The van der Waals surface area contributed by atoms with Crippen LogP contribution in [0.1, 0.15) is 31.9 Å². The highest BCUT2D eigenvalue weighted by Crippen LogP contribution is 2.31. The molecule has 25 heavy (non-hydrogen) atoms. The first kappa shape index (κ1) is 19.1. The summed E-state index contributed by atoms with van der Waals surface area (Å²) in [6, 6.07) is 6.24. The first-order chi connectivity index (χ1) is 11.8. The molecule has 0 saturated heterocycles. The van der Waals surface area contributed by atoms with Gasteiger partial charge in [-0.25, -0.2) is 0 Å². The molecule has 0 saturated carbocycles. The topological polar surface area (TPSA) is 75.8 Å². The second kappa shape index (κ2) is 7.75. The van der Waals surface area contributed by atoms with Crippen molar-refractivity contribution >= 4 is 5.91 Å². The van der Waals surface area contributed by atoms with Crippen molar-refractivity contribution in [3.05, 3.63) is 23.3 Å². The van der Waals surface area contributed by atoms with Gasteiger partial charge in [-0.15, -0.1) is 0 Å². The summed E-state index contributed by atoms with van der Waals surface area (Å²) in [6.45, 7) is 7.64. The van der Waals surface area contributed by atoms with Crippen LogP contribution in [0.15, 0.2) is 12.1 Å². The van der Waals surface area contributed by atoms with Gasteiger partial charge in [0.25, 0.3) is 5.91 Å². The zero-order chi connectivity index (χ0) is 18.6. The van der Waals surface area contributed by atoms with Gasteiger partial charge in [-0.3, -0.25) is 4.79 Å². The number of nitrogens with one attached hydrogen (secondary N) is 2. The zero-order valence-corrected chi connectivity index (χ0v) is 15.7. The Bertz CT molecular complexity index is 681. The third-order valence-corrected chi connectivity index (χ3v) is 5.09. The molecule has 1 amide bonds. The lowest BCUT2D eigenvalue weighted by atomic mass is 9.90. The van der Waals surface area contributed by atoms with Crippen molar-refractivity contribution < 1.29 is 19.2 Å². The summed E-state index contributed by atoms with van der Waals surface area (Å²) in [7, 11) is 3.26. The number of fused-ring (bicyclic) bond motifs is 1. The molecule has 1 aliphatic rings. The average Bonchev–Trinajstić information content (AvgIpc) is 2.59. The van der Waals surface area contributed by atoms with Crippen molar-refractivity contribution in [1.82, 2.24) is 5.32 Å². The normalized spacial score (nSPS) is 18.7. The smallest absolute Gasteiger partial charge is 0.276 e. The van der Waals surface area contributed by atoms with Crippen LogP contribution in [0.25, 0.3) is 0 Å². The summed E-state index contributed by atoms with van der Waals surface area (Å²) >= 11 is 0. The molecular formula is C19H28N3O3+. The van der Waals surface area contributed by atoms with E-state index in [0.29, 0.717) is 12.3 Å². The van der Waals surface area contributed by atoms with Crippen molar-refractivity contribution in [3.8, 4) is 17.6 Å². The van der Waals surface area contributed by atoms with E-state index < -0.39 is 5.54 Å². The number of nitriles is 1. The number of carbonyl (C=O) groups is 1. The van der Waals surface area contributed by atoms with Crippen LogP contribution in [-0.4, -0.2) is 38.8 Å². The quantitative estimate of drug-likeness (QED) is 0.795. The highest BCUT2D eigenvalue weighted by Gasteiger charge is 2.32. The lowest BCUT2D eigenvalue weighted by Gasteiger charge is -2.30. The number of hydrogen-bond donors (Lipinski definition) is 2. The molecule has 2 rings (SSSR count). The monoisotopic (exact) mass is 346 g/mol. The maximum atomic E-state index is 12.4. The van der Waals surface area contributed by atoms with Gasteiger partial charge in [0.1, 0.15) is 12.1 Å². The number of rotatable bonds is 6. The molecule has 0 bridgehead atoms. The van der Waals surface area contributed by atoms with Crippen molar-refractivity contribution in [1.29, 1.82) is 5.26 Å². The van der Waals surface area contributed by atoms with Crippen molar-refractivity contribution in [2.45, 2.75) is 39.3 Å². The fourth-order valence-corrected chi connectivity index (χ4v) is 3.04. The number of amides is 1. The average molecular weight is 346 g/mol. The zero-order valence-electron chi connectivity index (χ0n) is 15.7. The molecule has 1 aromatic carbocycles.